The van der Waals surface area contributed by atoms with Crippen molar-refractivity contribution in [3.63, 3.8) is 0 Å². The number of allylic oxidation sites excluding steroid dienone is 2. The average Bonchev–Trinajstić information content (AvgIpc) is 3.60. The molecule has 0 unspecified atom stereocenters. The third kappa shape index (κ3) is 10.0. The Kier molecular flexibility index (Phi) is 15.7. The third-order valence-electron chi connectivity index (χ3n) is 14.9. The zero-order chi connectivity index (χ0) is 45.4. The molecule has 20 atom stereocenters. The molecular weight excluding hydrogens is 811 g/mol. The highest BCUT2D eigenvalue weighted by atomic mass is 16.7. The van der Waals surface area contributed by atoms with Crippen LogP contribution in [0.5, 0.6) is 0 Å². The number of likely N-dealkylation sites (N-methyl/N-ethyl adjacent to an activating group) is 1. The fraction of sp³-hybridized carbons (Fsp3) is 0.776. The number of esters is 1. The summed E-state index contributed by atoms with van der Waals surface area (Å²) in [5, 5.41) is 27.1. The Morgan fingerprint density at radius 2 is 1.63 bits per heavy atom. The van der Waals surface area contributed by atoms with Crippen molar-refractivity contribution in [2.75, 3.05) is 27.9 Å². The number of carbonyl (C=O) groups excluding carboxylic acids is 1. The van der Waals surface area contributed by atoms with Gasteiger partial charge in [-0.05, 0) is 69.9 Å². The molecule has 6 aliphatic heterocycles. The van der Waals surface area contributed by atoms with Crippen molar-refractivity contribution in [2.45, 2.75) is 191 Å². The van der Waals surface area contributed by atoms with E-state index >= 15 is 0 Å². The second-order valence-electron chi connectivity index (χ2n) is 19.3. The van der Waals surface area contributed by atoms with E-state index in [1.807, 2.05) is 39.1 Å². The molecule has 0 saturated carbocycles. The van der Waals surface area contributed by atoms with Crippen LogP contribution in [0.4, 0.5) is 0 Å². The minimum absolute atomic E-state index is 0.0411. The first-order chi connectivity index (χ1) is 30.0. The molecule has 1 aliphatic carbocycles. The van der Waals surface area contributed by atoms with E-state index in [1.165, 1.54) is 0 Å². The van der Waals surface area contributed by atoms with Gasteiger partial charge in [0.25, 0.3) is 0 Å². The predicted molar refractivity (Wildman–Crippen MR) is 234 cm³/mol. The zero-order valence-corrected chi connectivity index (χ0v) is 39.3. The molecule has 354 valence electrons. The number of carbonyl (C=O) groups is 1. The highest BCUT2D eigenvalue weighted by molar-refractivity contribution is 5.78. The Morgan fingerprint density at radius 1 is 0.921 bits per heavy atom. The maximum absolute atomic E-state index is 14.4. The van der Waals surface area contributed by atoms with Gasteiger partial charge in [0.05, 0.1) is 55.4 Å². The van der Waals surface area contributed by atoms with E-state index in [2.05, 4.69) is 52.1 Å². The van der Waals surface area contributed by atoms with Gasteiger partial charge in [0, 0.05) is 51.7 Å². The van der Waals surface area contributed by atoms with Crippen molar-refractivity contribution in [3.05, 3.63) is 59.3 Å². The van der Waals surface area contributed by atoms with Gasteiger partial charge in [-0.1, -0.05) is 70.6 Å². The van der Waals surface area contributed by atoms with E-state index in [0.29, 0.717) is 43.3 Å². The van der Waals surface area contributed by atoms with Crippen molar-refractivity contribution in [3.8, 4) is 0 Å². The van der Waals surface area contributed by atoms with Gasteiger partial charge in [-0.3, -0.25) is 4.79 Å². The van der Waals surface area contributed by atoms with Crippen molar-refractivity contribution in [1.82, 2.24) is 5.32 Å². The minimum atomic E-state index is -1.83. The molecule has 7 rings (SSSR count). The summed E-state index contributed by atoms with van der Waals surface area (Å²) in [6, 6.07) is 0.0442. The van der Waals surface area contributed by atoms with E-state index in [-0.39, 0.29) is 67.0 Å². The van der Waals surface area contributed by atoms with Crippen molar-refractivity contribution >= 4 is 5.97 Å². The predicted octanol–water partition coefficient (Wildman–Crippen LogP) is 5.60. The fourth-order valence-electron chi connectivity index (χ4n) is 11.0. The molecule has 0 amide bonds. The minimum Gasteiger partial charge on any atom is -0.462 e. The second-order valence-corrected chi connectivity index (χ2v) is 19.3. The van der Waals surface area contributed by atoms with Crippen molar-refractivity contribution in [1.29, 1.82) is 0 Å². The van der Waals surface area contributed by atoms with Gasteiger partial charge < -0.3 is 62.9 Å². The van der Waals surface area contributed by atoms with Gasteiger partial charge in [-0.15, -0.1) is 0 Å². The summed E-state index contributed by atoms with van der Waals surface area (Å²) >= 11 is 0. The largest absolute Gasteiger partial charge is 0.462 e. The van der Waals surface area contributed by atoms with Gasteiger partial charge in [0.1, 0.15) is 35.9 Å². The number of nitrogens with one attached hydrogen (secondary N) is 1. The molecule has 14 heteroatoms. The monoisotopic (exact) mass is 886 g/mol. The highest BCUT2D eigenvalue weighted by Crippen LogP contribution is 2.47. The number of rotatable bonds is 9. The van der Waals surface area contributed by atoms with Gasteiger partial charge in [-0.2, -0.15) is 0 Å². The number of aliphatic hydroxyl groups excluding tert-OH is 1. The summed E-state index contributed by atoms with van der Waals surface area (Å²) in [6.07, 6.45) is 10.7. The van der Waals surface area contributed by atoms with Crippen LogP contribution in [-0.2, 0) is 52.2 Å². The molecule has 0 aromatic heterocycles. The molecule has 7 aliphatic rings. The Hall–Kier alpha value is -2.31. The number of ether oxygens (including phenoxy) is 10. The SMILES string of the molecule is CC[C@H](C)[C@H]1O[C@]2(C=C[C@@H]1C)C[C@@H]1C[C@@H](C/C=C(\C)[C@@H](O[C@H]3C[C@H](OC)[C@@H](O[C@H]4C[C@H](OC)[C@@H](NC)[C@H](C)O4)[C@H](C)O3)[C@@H](C)/C=C/C=C3/CO[C@@H]4[C@H](O)C(C)=C[C@@H](C(=O)O1)[C@]34O)O2. The molecule has 3 N–H and O–H groups in total. The zero-order valence-electron chi connectivity index (χ0n) is 39.3. The molecule has 0 aromatic rings. The molecule has 2 bridgehead atoms. The topological polar surface area (TPSA) is 162 Å². The van der Waals surface area contributed by atoms with Crippen molar-refractivity contribution in [2.24, 2.45) is 23.7 Å². The van der Waals surface area contributed by atoms with Gasteiger partial charge in [0.2, 0.25) is 0 Å². The molecule has 6 heterocycles. The van der Waals surface area contributed by atoms with Crippen LogP contribution >= 0.6 is 0 Å². The van der Waals surface area contributed by atoms with Crippen LogP contribution in [0.25, 0.3) is 0 Å². The Morgan fingerprint density at radius 3 is 2.35 bits per heavy atom. The molecular formula is C49H75NO13. The number of fused-ring (bicyclic) bond motifs is 2. The first-order valence-electron chi connectivity index (χ1n) is 23.4. The lowest BCUT2D eigenvalue weighted by molar-refractivity contribution is -0.312. The summed E-state index contributed by atoms with van der Waals surface area (Å²) in [4.78, 5) is 14.4. The molecule has 0 aromatic carbocycles. The first-order valence-corrected chi connectivity index (χ1v) is 23.4. The molecule has 0 radical (unpaired) electrons. The van der Waals surface area contributed by atoms with E-state index in [9.17, 15) is 15.0 Å². The molecule has 14 nitrogen and oxygen atoms in total. The van der Waals surface area contributed by atoms with Gasteiger partial charge in [-0.25, -0.2) is 0 Å². The fourth-order valence-corrected chi connectivity index (χ4v) is 11.0. The van der Waals surface area contributed by atoms with Crippen LogP contribution in [0.2, 0.25) is 0 Å². The Balaban J connectivity index is 1.18. The lowest BCUT2D eigenvalue weighted by atomic mass is 9.71. The highest BCUT2D eigenvalue weighted by Gasteiger charge is 2.60. The molecule has 4 fully saturated rings. The normalized spacial score (nSPS) is 48.6. The number of hydrogen-bond acceptors (Lipinski definition) is 14. The van der Waals surface area contributed by atoms with E-state index in [4.69, 9.17) is 47.4 Å². The smallest absolute Gasteiger partial charge is 0.316 e. The summed E-state index contributed by atoms with van der Waals surface area (Å²) in [7, 11) is 5.30. The average molecular weight is 886 g/mol. The Labute approximate surface area is 374 Å². The molecule has 63 heavy (non-hydrogen) atoms. The molecule has 1 spiro atoms. The summed E-state index contributed by atoms with van der Waals surface area (Å²) in [5.74, 6) is -2.51. The molecule has 4 saturated heterocycles. The van der Waals surface area contributed by atoms with Gasteiger partial charge >= 0.3 is 5.97 Å². The van der Waals surface area contributed by atoms with Crippen LogP contribution in [-0.4, -0.2) is 141 Å². The van der Waals surface area contributed by atoms with Gasteiger partial charge in [0.15, 0.2) is 18.4 Å². The quantitative estimate of drug-likeness (QED) is 0.194. The van der Waals surface area contributed by atoms with Crippen molar-refractivity contribution < 1.29 is 62.4 Å². The summed E-state index contributed by atoms with van der Waals surface area (Å²) in [6.45, 7) is 16.4. The lowest BCUT2D eigenvalue weighted by Crippen LogP contribution is -2.58. The maximum Gasteiger partial charge on any atom is 0.316 e. The summed E-state index contributed by atoms with van der Waals surface area (Å²) in [5.41, 5.74) is 0.180. The standard InChI is InChI=1S/C49H75NO13/c1-12-26(2)44-29(5)18-19-48(63-44)24-35-21-34(62-48)17-16-28(4)43(27(3)14-13-15-33-25-56-46-42(51)30(6)20-36(47(52)59-35)49(33,46)53)60-40-23-38(55-11)45(32(8)58-40)61-39-22-37(54-10)41(50-9)31(7)57-39/h13-16,18-20,26-27,29,31-32,34-46,50-51,53H,12,17,21-25H2,1-11H3/b14-13+,28-16+,33-15-/t26-,27-,29-,31-,32-,34+,35-,36-,37-,38-,39-,40-,41-,42+,43-,44+,45-,46+,48+,49+/m0/s1. The number of aliphatic hydroxyl groups is 2. The van der Waals surface area contributed by atoms with Crippen LogP contribution in [0.15, 0.2) is 59.3 Å². The van der Waals surface area contributed by atoms with Crippen LogP contribution in [0, 0.1) is 23.7 Å². The second kappa shape index (κ2) is 20.3. The van der Waals surface area contributed by atoms with Crippen LogP contribution in [0.3, 0.4) is 0 Å². The van der Waals surface area contributed by atoms with Crippen LogP contribution < -0.4 is 5.32 Å². The van der Waals surface area contributed by atoms with E-state index in [1.54, 1.807) is 33.3 Å². The van der Waals surface area contributed by atoms with Crippen LogP contribution in [0.1, 0.15) is 93.9 Å². The Bertz CT molecular complexity index is 1750. The first kappa shape index (κ1) is 48.6. The van der Waals surface area contributed by atoms with E-state index in [0.717, 1.165) is 12.0 Å². The third-order valence-corrected chi connectivity index (χ3v) is 14.9. The van der Waals surface area contributed by atoms with E-state index < -0.39 is 66.4 Å². The lowest BCUT2D eigenvalue weighted by Gasteiger charge is -2.48. The number of methoxy groups -OCH3 is 2. The number of hydrogen-bond donors (Lipinski definition) is 3. The maximum atomic E-state index is 14.4. The summed E-state index contributed by atoms with van der Waals surface area (Å²) < 4.78 is 64.6.